The number of rotatable bonds is 2. The molecule has 4 heterocycles. The van der Waals surface area contributed by atoms with Gasteiger partial charge in [-0.05, 0) is 29.6 Å². The van der Waals surface area contributed by atoms with E-state index in [0.29, 0.717) is 5.69 Å². The largest absolute Gasteiger partial charge is 0.367 e. The number of carbonyl (C=O) groups excluding carboxylic acids is 1. The van der Waals surface area contributed by atoms with Crippen LogP contribution >= 0.6 is 11.3 Å². The summed E-state index contributed by atoms with van der Waals surface area (Å²) in [6.45, 7) is 3.23. The van der Waals surface area contributed by atoms with Crippen molar-refractivity contribution >= 4 is 39.8 Å². The van der Waals surface area contributed by atoms with E-state index in [1.54, 1.807) is 23.6 Å². The van der Waals surface area contributed by atoms with Crippen molar-refractivity contribution in [1.82, 2.24) is 10.7 Å². The lowest BCUT2D eigenvalue weighted by Crippen LogP contribution is -2.44. The van der Waals surface area contributed by atoms with Gasteiger partial charge in [0.1, 0.15) is 16.7 Å². The van der Waals surface area contributed by atoms with Crippen LogP contribution in [0, 0.1) is 11.7 Å². The average Bonchev–Trinajstić information content (AvgIpc) is 3.30. The molecule has 2 atom stereocenters. The number of hydrogen-bond acceptors (Lipinski definition) is 6. The molecule has 2 aromatic rings. The molecule has 26 heavy (non-hydrogen) atoms. The first kappa shape index (κ1) is 15.8. The summed E-state index contributed by atoms with van der Waals surface area (Å²) in [5, 5.41) is 8.01. The van der Waals surface area contributed by atoms with Gasteiger partial charge < -0.3 is 10.2 Å². The van der Waals surface area contributed by atoms with Crippen molar-refractivity contribution in [3.8, 4) is 0 Å². The lowest BCUT2D eigenvalue weighted by molar-refractivity contribution is -0.120. The third-order valence-corrected chi connectivity index (χ3v) is 6.01. The summed E-state index contributed by atoms with van der Waals surface area (Å²) in [6, 6.07) is 6.98. The smallest absolute Gasteiger partial charge is 0.249 e. The van der Waals surface area contributed by atoms with E-state index >= 15 is 0 Å². The van der Waals surface area contributed by atoms with Gasteiger partial charge in [0.15, 0.2) is 0 Å². The molecule has 0 spiro atoms. The Kier molecular flexibility index (Phi) is 3.68. The van der Waals surface area contributed by atoms with E-state index in [4.69, 9.17) is 0 Å². The SMILES string of the molecule is O=C1NN(c2cccs2)C2c3cc(F)c(N4CCNCC4)cc3N=CC12. The standard InChI is InChI=1S/C18H18FN5OS/c19-13-8-11-14(9-15(13)23-5-3-20-4-6-23)21-10-12-17(11)24(22-18(12)25)16-2-1-7-26-16/h1-2,7-10,12,17,20H,3-6H2,(H,22,25). The molecule has 1 aromatic carbocycles. The van der Waals surface area contributed by atoms with E-state index in [1.165, 1.54) is 0 Å². The van der Waals surface area contributed by atoms with Crippen LogP contribution in [0.3, 0.4) is 0 Å². The van der Waals surface area contributed by atoms with Crippen molar-refractivity contribution in [2.45, 2.75) is 6.04 Å². The van der Waals surface area contributed by atoms with E-state index in [2.05, 4.69) is 15.7 Å². The second-order valence-corrected chi connectivity index (χ2v) is 7.57. The van der Waals surface area contributed by atoms with Crippen LogP contribution in [0.1, 0.15) is 11.6 Å². The number of anilines is 2. The minimum Gasteiger partial charge on any atom is -0.367 e. The Balaban J connectivity index is 1.57. The summed E-state index contributed by atoms with van der Waals surface area (Å²) >= 11 is 1.54. The molecule has 6 nitrogen and oxygen atoms in total. The summed E-state index contributed by atoms with van der Waals surface area (Å²) in [7, 11) is 0. The summed E-state index contributed by atoms with van der Waals surface area (Å²) < 4.78 is 15.0. The summed E-state index contributed by atoms with van der Waals surface area (Å²) in [5.41, 5.74) is 4.98. The van der Waals surface area contributed by atoms with Crippen molar-refractivity contribution in [3.63, 3.8) is 0 Å². The van der Waals surface area contributed by atoms with Gasteiger partial charge in [-0.15, -0.1) is 11.3 Å². The number of nitrogens with zero attached hydrogens (tertiary/aromatic N) is 3. The number of hydrazine groups is 1. The molecule has 1 aromatic heterocycles. The van der Waals surface area contributed by atoms with Crippen LogP contribution in [0.5, 0.6) is 0 Å². The maximum absolute atomic E-state index is 15.0. The topological polar surface area (TPSA) is 60.0 Å². The van der Waals surface area contributed by atoms with Gasteiger partial charge in [-0.3, -0.25) is 20.2 Å². The van der Waals surface area contributed by atoms with Crippen molar-refractivity contribution in [3.05, 3.63) is 41.0 Å². The average molecular weight is 371 g/mol. The number of benzene rings is 1. The third kappa shape index (κ3) is 2.40. The second-order valence-electron chi connectivity index (χ2n) is 6.65. The zero-order valence-corrected chi connectivity index (χ0v) is 14.8. The summed E-state index contributed by atoms with van der Waals surface area (Å²) in [4.78, 5) is 18.9. The van der Waals surface area contributed by atoms with E-state index in [0.717, 1.165) is 42.4 Å². The number of fused-ring (bicyclic) bond motifs is 3. The van der Waals surface area contributed by atoms with Gasteiger partial charge in [-0.1, -0.05) is 0 Å². The summed E-state index contributed by atoms with van der Waals surface area (Å²) in [6.07, 6.45) is 1.69. The zero-order chi connectivity index (χ0) is 17.7. The van der Waals surface area contributed by atoms with Crippen LogP contribution in [0.15, 0.2) is 34.6 Å². The van der Waals surface area contributed by atoms with Gasteiger partial charge in [0.25, 0.3) is 0 Å². The van der Waals surface area contributed by atoms with Crippen molar-refractivity contribution in [2.24, 2.45) is 10.9 Å². The first-order valence-electron chi connectivity index (χ1n) is 8.69. The lowest BCUT2D eigenvalue weighted by atomic mass is 9.90. The Bertz CT molecular complexity index is 878. The maximum atomic E-state index is 15.0. The van der Waals surface area contributed by atoms with E-state index in [-0.39, 0.29) is 17.8 Å². The molecule has 5 rings (SSSR count). The molecule has 8 heteroatoms. The molecule has 2 fully saturated rings. The predicted molar refractivity (Wildman–Crippen MR) is 101 cm³/mol. The van der Waals surface area contributed by atoms with Crippen LogP contribution in [-0.2, 0) is 4.79 Å². The number of carbonyl (C=O) groups is 1. The molecule has 0 bridgehead atoms. The van der Waals surface area contributed by atoms with Crippen LogP contribution in [0.25, 0.3) is 0 Å². The molecular formula is C18H18FN5OS. The van der Waals surface area contributed by atoms with Gasteiger partial charge in [0.2, 0.25) is 5.91 Å². The van der Waals surface area contributed by atoms with Crippen molar-refractivity contribution in [2.75, 3.05) is 36.1 Å². The quantitative estimate of drug-likeness (QED) is 0.850. The van der Waals surface area contributed by atoms with Crippen LogP contribution in [-0.4, -0.2) is 38.3 Å². The number of halogens is 1. The Morgan fingerprint density at radius 1 is 1.27 bits per heavy atom. The van der Waals surface area contributed by atoms with Gasteiger partial charge in [0, 0.05) is 38.0 Å². The fourth-order valence-corrected chi connectivity index (χ4v) is 4.60. The Hall–Kier alpha value is -2.45. The van der Waals surface area contributed by atoms with Gasteiger partial charge in [0.05, 0.1) is 17.4 Å². The van der Waals surface area contributed by atoms with E-state index in [9.17, 15) is 9.18 Å². The fourth-order valence-electron chi connectivity index (χ4n) is 3.87. The number of nitrogens with one attached hydrogen (secondary N) is 2. The molecule has 1 amide bonds. The Labute approximate surface area is 154 Å². The minimum absolute atomic E-state index is 0.107. The Morgan fingerprint density at radius 3 is 2.88 bits per heavy atom. The van der Waals surface area contributed by atoms with E-state index in [1.807, 2.05) is 33.5 Å². The van der Waals surface area contributed by atoms with Crippen molar-refractivity contribution < 1.29 is 9.18 Å². The molecule has 2 unspecified atom stereocenters. The highest BCUT2D eigenvalue weighted by molar-refractivity contribution is 7.14. The number of amides is 1. The minimum atomic E-state index is -0.408. The molecular weight excluding hydrogens is 353 g/mol. The molecule has 3 aliphatic rings. The zero-order valence-electron chi connectivity index (χ0n) is 14.0. The van der Waals surface area contributed by atoms with Gasteiger partial charge >= 0.3 is 0 Å². The van der Waals surface area contributed by atoms with Gasteiger partial charge in [-0.2, -0.15) is 0 Å². The van der Waals surface area contributed by atoms with Gasteiger partial charge in [-0.25, -0.2) is 4.39 Å². The number of piperazine rings is 1. The molecule has 0 aliphatic carbocycles. The first-order valence-corrected chi connectivity index (χ1v) is 9.57. The fraction of sp³-hybridized carbons (Fsp3) is 0.333. The van der Waals surface area contributed by atoms with E-state index < -0.39 is 5.92 Å². The highest BCUT2D eigenvalue weighted by Crippen LogP contribution is 2.45. The van der Waals surface area contributed by atoms with Crippen LogP contribution in [0.4, 0.5) is 20.8 Å². The molecule has 2 saturated heterocycles. The molecule has 2 N–H and O–H groups in total. The Morgan fingerprint density at radius 2 is 2.12 bits per heavy atom. The number of aliphatic imine (C=N–C) groups is 1. The number of thiophene rings is 1. The molecule has 0 saturated carbocycles. The monoisotopic (exact) mass is 371 g/mol. The van der Waals surface area contributed by atoms with Crippen LogP contribution in [0.2, 0.25) is 0 Å². The highest BCUT2D eigenvalue weighted by Gasteiger charge is 2.44. The third-order valence-electron chi connectivity index (χ3n) is 5.14. The molecule has 3 aliphatic heterocycles. The van der Waals surface area contributed by atoms with Crippen LogP contribution < -0.4 is 20.7 Å². The molecule has 134 valence electrons. The maximum Gasteiger partial charge on any atom is 0.249 e. The molecule has 0 radical (unpaired) electrons. The predicted octanol–water partition coefficient (Wildman–Crippen LogP) is 2.22. The normalized spacial score (nSPS) is 24.4. The summed E-state index contributed by atoms with van der Waals surface area (Å²) in [5.74, 6) is -0.773. The van der Waals surface area contributed by atoms with Crippen molar-refractivity contribution in [1.29, 1.82) is 0 Å². The highest BCUT2D eigenvalue weighted by atomic mass is 32.1. The lowest BCUT2D eigenvalue weighted by Gasteiger charge is -2.32. The first-order chi connectivity index (χ1) is 12.7. The second kappa shape index (κ2) is 6.07. The number of hydrogen-bond donors (Lipinski definition) is 2.